The summed E-state index contributed by atoms with van der Waals surface area (Å²) in [4.78, 5) is 22.2. The van der Waals surface area contributed by atoms with Gasteiger partial charge in [0.1, 0.15) is 11.6 Å². The molecule has 0 unspecified atom stereocenters. The topological polar surface area (TPSA) is 34.1 Å². The molecule has 0 aromatic heterocycles. The quantitative estimate of drug-likeness (QED) is 0.662. The van der Waals surface area contributed by atoms with Gasteiger partial charge in [0.05, 0.1) is 0 Å². The van der Waals surface area contributed by atoms with Crippen LogP contribution in [-0.2, 0) is 9.59 Å². The normalized spacial score (nSPS) is 12.6. The lowest BCUT2D eigenvalue weighted by Gasteiger charge is -2.30. The molecule has 0 aromatic rings. The molecule has 0 spiro atoms. The van der Waals surface area contributed by atoms with Gasteiger partial charge < -0.3 is 9.59 Å². The van der Waals surface area contributed by atoms with Gasteiger partial charge in [-0.05, 0) is 37.5 Å². The lowest BCUT2D eigenvalue weighted by molar-refractivity contribution is -0.120. The molecule has 0 atom stereocenters. The molecule has 0 aromatic carbocycles. The van der Waals surface area contributed by atoms with E-state index in [1.807, 2.05) is 0 Å². The Bertz CT molecular complexity index is 234. The minimum absolute atomic E-state index is 0.0554. The smallest absolute Gasteiger partial charge is 0.130 e. The minimum Gasteiger partial charge on any atom is -0.300 e. The number of carbonyl (C=O) groups is 2. The second-order valence-corrected chi connectivity index (χ2v) is 6.59. The van der Waals surface area contributed by atoms with E-state index in [-0.39, 0.29) is 22.4 Å². The lowest BCUT2D eigenvalue weighted by Crippen LogP contribution is -2.22. The van der Waals surface area contributed by atoms with E-state index in [1.54, 1.807) is 13.8 Å². The first-order valence-electron chi connectivity index (χ1n) is 6.03. The van der Waals surface area contributed by atoms with Crippen LogP contribution in [0.15, 0.2) is 0 Å². The summed E-state index contributed by atoms with van der Waals surface area (Å²) in [5, 5.41) is 0. The largest absolute Gasteiger partial charge is 0.300 e. The van der Waals surface area contributed by atoms with E-state index in [9.17, 15) is 9.59 Å². The van der Waals surface area contributed by atoms with Gasteiger partial charge in [-0.1, -0.05) is 27.7 Å². The van der Waals surface area contributed by atoms with Crippen molar-refractivity contribution in [3.63, 3.8) is 0 Å². The third-order valence-corrected chi connectivity index (χ3v) is 2.93. The molecule has 2 heteroatoms. The molecule has 0 aliphatic rings. The molecule has 0 bridgehead atoms. The number of carbonyl (C=O) groups excluding carboxylic acids is 2. The van der Waals surface area contributed by atoms with Crippen molar-refractivity contribution in [2.24, 2.45) is 10.8 Å². The Morgan fingerprint density at radius 3 is 1.19 bits per heavy atom. The highest BCUT2D eigenvalue weighted by Crippen LogP contribution is 2.35. The third kappa shape index (κ3) is 7.61. The Balaban J connectivity index is 4.21. The van der Waals surface area contributed by atoms with Crippen molar-refractivity contribution in [1.82, 2.24) is 0 Å². The van der Waals surface area contributed by atoms with E-state index >= 15 is 0 Å². The molecule has 0 N–H and O–H groups in total. The molecule has 0 amide bonds. The van der Waals surface area contributed by atoms with Crippen molar-refractivity contribution in [2.75, 3.05) is 0 Å². The van der Waals surface area contributed by atoms with E-state index in [0.29, 0.717) is 12.8 Å². The van der Waals surface area contributed by atoms with Crippen LogP contribution in [0.3, 0.4) is 0 Å². The van der Waals surface area contributed by atoms with Crippen LogP contribution in [0.1, 0.15) is 67.2 Å². The average molecular weight is 226 g/mol. The van der Waals surface area contributed by atoms with Crippen molar-refractivity contribution in [3.8, 4) is 0 Å². The molecule has 0 fully saturated rings. The average Bonchev–Trinajstić information content (AvgIpc) is 1.96. The number of Topliss-reactive ketones (excluding diaryl/α,β-unsaturated/α-hetero) is 2. The summed E-state index contributed by atoms with van der Waals surface area (Å²) in [6, 6.07) is 0. The van der Waals surface area contributed by atoms with E-state index < -0.39 is 0 Å². The van der Waals surface area contributed by atoms with Crippen molar-refractivity contribution in [3.05, 3.63) is 0 Å². The molecule has 0 saturated carbocycles. The van der Waals surface area contributed by atoms with Gasteiger partial charge in [-0.25, -0.2) is 0 Å². The van der Waals surface area contributed by atoms with Crippen LogP contribution >= 0.6 is 0 Å². The Kier molecular flexibility index (Phi) is 5.37. The first-order chi connectivity index (χ1) is 7.04. The summed E-state index contributed by atoms with van der Waals surface area (Å²) in [6.07, 6.45) is 3.24. The highest BCUT2D eigenvalue weighted by molar-refractivity contribution is 5.76. The summed E-state index contributed by atoms with van der Waals surface area (Å²) < 4.78 is 0. The molecule has 0 heterocycles. The molecule has 94 valence electrons. The number of hydrogen-bond acceptors (Lipinski definition) is 2. The fourth-order valence-corrected chi connectivity index (χ4v) is 2.20. The van der Waals surface area contributed by atoms with Crippen LogP contribution in [0.2, 0.25) is 0 Å². The maximum atomic E-state index is 11.1. The van der Waals surface area contributed by atoms with E-state index in [4.69, 9.17) is 0 Å². The van der Waals surface area contributed by atoms with Gasteiger partial charge in [-0.2, -0.15) is 0 Å². The molecular weight excluding hydrogens is 200 g/mol. The minimum atomic E-state index is 0.0554. The molecule has 0 aliphatic heterocycles. The maximum Gasteiger partial charge on any atom is 0.130 e. The Morgan fingerprint density at radius 2 is 1.00 bits per heavy atom. The van der Waals surface area contributed by atoms with Gasteiger partial charge in [0.15, 0.2) is 0 Å². The second-order valence-electron chi connectivity index (χ2n) is 6.59. The Labute approximate surface area is 99.8 Å². The van der Waals surface area contributed by atoms with Crippen LogP contribution in [0.4, 0.5) is 0 Å². The van der Waals surface area contributed by atoms with Crippen LogP contribution in [0.5, 0.6) is 0 Å². The number of hydrogen-bond donors (Lipinski definition) is 0. The van der Waals surface area contributed by atoms with Crippen molar-refractivity contribution < 1.29 is 9.59 Å². The van der Waals surface area contributed by atoms with Gasteiger partial charge in [-0.15, -0.1) is 0 Å². The third-order valence-electron chi connectivity index (χ3n) is 2.93. The van der Waals surface area contributed by atoms with Crippen LogP contribution < -0.4 is 0 Å². The predicted molar refractivity (Wildman–Crippen MR) is 67.4 cm³/mol. The van der Waals surface area contributed by atoms with E-state index in [2.05, 4.69) is 27.7 Å². The van der Waals surface area contributed by atoms with Gasteiger partial charge in [0.2, 0.25) is 0 Å². The predicted octanol–water partition coefficient (Wildman–Crippen LogP) is 3.78. The van der Waals surface area contributed by atoms with Gasteiger partial charge in [0, 0.05) is 12.8 Å². The zero-order chi connectivity index (χ0) is 13.0. The highest BCUT2D eigenvalue weighted by Gasteiger charge is 2.26. The van der Waals surface area contributed by atoms with Crippen molar-refractivity contribution in [1.29, 1.82) is 0 Å². The van der Waals surface area contributed by atoms with E-state index in [1.165, 1.54) is 0 Å². The highest BCUT2D eigenvalue weighted by atomic mass is 16.1. The van der Waals surface area contributed by atoms with Gasteiger partial charge in [0.25, 0.3) is 0 Å². The SMILES string of the molecule is CC(=O)CC(C)(C)CCC(C)(C)CC(C)=O. The first-order valence-corrected chi connectivity index (χ1v) is 6.03. The molecule has 0 radical (unpaired) electrons. The summed E-state index contributed by atoms with van der Waals surface area (Å²) in [6.45, 7) is 11.8. The summed E-state index contributed by atoms with van der Waals surface area (Å²) in [5.41, 5.74) is 0.111. The fourth-order valence-electron chi connectivity index (χ4n) is 2.20. The zero-order valence-electron chi connectivity index (χ0n) is 11.6. The fraction of sp³-hybridized carbons (Fsp3) is 0.857. The number of ketones is 2. The van der Waals surface area contributed by atoms with Crippen molar-refractivity contribution >= 4 is 11.6 Å². The number of rotatable bonds is 7. The molecule has 0 aliphatic carbocycles. The first kappa shape index (κ1) is 15.3. The van der Waals surface area contributed by atoms with Gasteiger partial charge >= 0.3 is 0 Å². The van der Waals surface area contributed by atoms with Crippen LogP contribution in [0.25, 0.3) is 0 Å². The summed E-state index contributed by atoms with van der Waals surface area (Å²) >= 11 is 0. The molecule has 0 saturated heterocycles. The Hall–Kier alpha value is -0.660. The van der Waals surface area contributed by atoms with Crippen molar-refractivity contribution in [2.45, 2.75) is 67.2 Å². The molecule has 2 nitrogen and oxygen atoms in total. The van der Waals surface area contributed by atoms with E-state index in [0.717, 1.165) is 12.8 Å². The second kappa shape index (κ2) is 5.60. The Morgan fingerprint density at radius 1 is 0.750 bits per heavy atom. The van der Waals surface area contributed by atoms with Gasteiger partial charge in [-0.3, -0.25) is 0 Å². The van der Waals surface area contributed by atoms with Crippen LogP contribution in [-0.4, -0.2) is 11.6 Å². The molecular formula is C14H26O2. The molecule has 16 heavy (non-hydrogen) atoms. The lowest BCUT2D eigenvalue weighted by atomic mass is 9.75. The van der Waals surface area contributed by atoms with Crippen LogP contribution in [0, 0.1) is 10.8 Å². The summed E-state index contributed by atoms with van der Waals surface area (Å²) in [5.74, 6) is 0.490. The molecule has 0 rings (SSSR count). The maximum absolute atomic E-state index is 11.1. The monoisotopic (exact) mass is 226 g/mol. The summed E-state index contributed by atoms with van der Waals surface area (Å²) in [7, 11) is 0. The standard InChI is InChI=1S/C14H26O2/c1-11(15)9-13(3,4)7-8-14(5,6)10-12(2)16/h7-10H2,1-6H3. The zero-order valence-corrected chi connectivity index (χ0v) is 11.6.